The second-order valence-electron chi connectivity index (χ2n) is 4.16. The first-order valence-corrected chi connectivity index (χ1v) is 7.02. The number of alkyl halides is 1. The van der Waals surface area contributed by atoms with E-state index >= 15 is 0 Å². The molecule has 3 aromatic rings. The third-order valence-electron chi connectivity index (χ3n) is 2.82. The van der Waals surface area contributed by atoms with Crippen LogP contribution in [-0.2, 0) is 5.33 Å². The largest absolute Gasteiger partial charge is 0.436 e. The number of fused-ring (bicyclic) bond motifs is 1. The van der Waals surface area contributed by atoms with E-state index in [1.165, 1.54) is 0 Å². The average molecular weight is 318 g/mol. The van der Waals surface area contributed by atoms with Crippen LogP contribution in [0.4, 0.5) is 0 Å². The Kier molecular flexibility index (Phi) is 3.21. The lowest BCUT2D eigenvalue weighted by Gasteiger charge is -2.04. The first kappa shape index (κ1) is 12.2. The van der Waals surface area contributed by atoms with Gasteiger partial charge in [0.1, 0.15) is 11.4 Å². The summed E-state index contributed by atoms with van der Waals surface area (Å²) in [6.45, 7) is 1.94. The number of ether oxygens (including phenoxy) is 1. The summed E-state index contributed by atoms with van der Waals surface area (Å²) in [7, 11) is 0. The van der Waals surface area contributed by atoms with Crippen LogP contribution in [0.2, 0.25) is 0 Å². The molecule has 0 spiro atoms. The van der Waals surface area contributed by atoms with Crippen molar-refractivity contribution in [2.75, 3.05) is 0 Å². The molecule has 0 aliphatic rings. The van der Waals surface area contributed by atoms with Crippen LogP contribution >= 0.6 is 15.9 Å². The molecular weight excluding hydrogens is 306 g/mol. The van der Waals surface area contributed by atoms with Crippen molar-refractivity contribution < 1.29 is 4.74 Å². The molecule has 3 heterocycles. The van der Waals surface area contributed by atoms with Crippen LogP contribution in [0.5, 0.6) is 11.6 Å². The molecule has 0 saturated heterocycles. The molecule has 0 N–H and O–H groups in total. The summed E-state index contributed by atoms with van der Waals surface area (Å²) in [5, 5.41) is 0.673. The molecule has 5 heteroatoms. The number of pyridine rings is 2. The lowest BCUT2D eigenvalue weighted by molar-refractivity contribution is 0.459. The fourth-order valence-corrected chi connectivity index (χ4v) is 2.36. The minimum absolute atomic E-state index is 0.605. The summed E-state index contributed by atoms with van der Waals surface area (Å²) in [6.07, 6.45) is 3.68. The number of aryl methyl sites for hydroxylation is 1. The molecule has 0 radical (unpaired) electrons. The number of hydrogen-bond donors (Lipinski definition) is 0. The van der Waals surface area contributed by atoms with Crippen LogP contribution in [0.3, 0.4) is 0 Å². The highest BCUT2D eigenvalue weighted by Crippen LogP contribution is 2.27. The zero-order valence-electron chi connectivity index (χ0n) is 10.4. The molecule has 0 saturated carbocycles. The maximum Gasteiger partial charge on any atom is 0.242 e. The van der Waals surface area contributed by atoms with Crippen molar-refractivity contribution in [1.29, 1.82) is 0 Å². The molecule has 0 aliphatic carbocycles. The Morgan fingerprint density at radius 3 is 2.89 bits per heavy atom. The van der Waals surface area contributed by atoms with E-state index in [0.717, 1.165) is 17.0 Å². The van der Waals surface area contributed by atoms with Gasteiger partial charge in [0, 0.05) is 17.2 Å². The van der Waals surface area contributed by atoms with Crippen molar-refractivity contribution >= 4 is 21.6 Å². The van der Waals surface area contributed by atoms with Crippen molar-refractivity contribution in [1.82, 2.24) is 14.4 Å². The molecule has 0 amide bonds. The van der Waals surface area contributed by atoms with Crippen molar-refractivity contribution in [3.05, 3.63) is 54.1 Å². The Morgan fingerprint density at radius 2 is 2.16 bits per heavy atom. The van der Waals surface area contributed by atoms with Crippen molar-refractivity contribution in [3.8, 4) is 11.6 Å². The number of rotatable bonds is 3. The fourth-order valence-electron chi connectivity index (χ4n) is 1.85. The van der Waals surface area contributed by atoms with E-state index in [1.54, 1.807) is 6.20 Å². The van der Waals surface area contributed by atoms with Crippen LogP contribution in [-0.4, -0.2) is 14.4 Å². The maximum atomic E-state index is 5.82. The number of nitrogens with zero attached hydrogens (tertiary/aromatic N) is 3. The number of halogens is 1. The van der Waals surface area contributed by atoms with E-state index in [9.17, 15) is 0 Å². The van der Waals surface area contributed by atoms with Gasteiger partial charge >= 0.3 is 0 Å². The van der Waals surface area contributed by atoms with Crippen molar-refractivity contribution in [2.45, 2.75) is 12.3 Å². The number of imidazole rings is 1. The van der Waals surface area contributed by atoms with E-state index in [4.69, 9.17) is 4.74 Å². The van der Waals surface area contributed by atoms with Crippen LogP contribution in [0.1, 0.15) is 11.4 Å². The van der Waals surface area contributed by atoms with Gasteiger partial charge in [-0.15, -0.1) is 0 Å². The standard InChI is InChI=1S/C14H12BrN3O/c1-10-5-6-11(9-16-10)19-14-12(8-15)18-7-3-2-4-13(18)17-14/h2-7,9H,8H2,1H3. The highest BCUT2D eigenvalue weighted by atomic mass is 79.9. The van der Waals surface area contributed by atoms with Gasteiger partial charge in [0.15, 0.2) is 0 Å². The second-order valence-corrected chi connectivity index (χ2v) is 4.72. The van der Waals surface area contributed by atoms with Gasteiger partial charge in [0.05, 0.1) is 11.9 Å². The van der Waals surface area contributed by atoms with E-state index in [2.05, 4.69) is 25.9 Å². The van der Waals surface area contributed by atoms with Crippen LogP contribution in [0.15, 0.2) is 42.7 Å². The summed E-state index contributed by atoms with van der Waals surface area (Å²) in [5.74, 6) is 1.30. The Balaban J connectivity index is 2.02. The summed E-state index contributed by atoms with van der Waals surface area (Å²) >= 11 is 3.48. The predicted octanol–water partition coefficient (Wildman–Crippen LogP) is 3.72. The molecule has 0 aliphatic heterocycles. The topological polar surface area (TPSA) is 39.4 Å². The van der Waals surface area contributed by atoms with Crippen LogP contribution < -0.4 is 4.74 Å². The maximum absolute atomic E-state index is 5.82. The predicted molar refractivity (Wildman–Crippen MR) is 76.9 cm³/mol. The van der Waals surface area contributed by atoms with Gasteiger partial charge in [-0.25, -0.2) is 0 Å². The molecule has 3 rings (SSSR count). The van der Waals surface area contributed by atoms with Gasteiger partial charge in [-0.3, -0.25) is 9.38 Å². The van der Waals surface area contributed by atoms with Gasteiger partial charge in [0.2, 0.25) is 5.88 Å². The lowest BCUT2D eigenvalue weighted by Crippen LogP contribution is -1.92. The smallest absolute Gasteiger partial charge is 0.242 e. The van der Waals surface area contributed by atoms with Gasteiger partial charge in [-0.1, -0.05) is 22.0 Å². The quantitative estimate of drug-likeness (QED) is 0.691. The van der Waals surface area contributed by atoms with E-state index in [0.29, 0.717) is 17.0 Å². The van der Waals surface area contributed by atoms with E-state index < -0.39 is 0 Å². The number of hydrogen-bond acceptors (Lipinski definition) is 3. The van der Waals surface area contributed by atoms with E-state index in [1.807, 2.05) is 47.9 Å². The molecule has 19 heavy (non-hydrogen) atoms. The third kappa shape index (κ3) is 2.33. The molecule has 0 fully saturated rings. The van der Waals surface area contributed by atoms with Crippen LogP contribution in [0, 0.1) is 6.92 Å². The SMILES string of the molecule is Cc1ccc(Oc2nc3ccccn3c2CBr)cn1. The first-order chi connectivity index (χ1) is 9.28. The molecular formula is C14H12BrN3O. The van der Waals surface area contributed by atoms with Gasteiger partial charge in [-0.05, 0) is 31.2 Å². The van der Waals surface area contributed by atoms with Gasteiger partial charge in [0.25, 0.3) is 0 Å². The zero-order valence-corrected chi connectivity index (χ0v) is 12.0. The summed E-state index contributed by atoms with van der Waals surface area (Å²) in [4.78, 5) is 8.70. The average Bonchev–Trinajstić information content (AvgIpc) is 2.78. The minimum atomic E-state index is 0.605. The highest BCUT2D eigenvalue weighted by molar-refractivity contribution is 9.08. The Morgan fingerprint density at radius 1 is 1.26 bits per heavy atom. The molecule has 4 nitrogen and oxygen atoms in total. The number of aromatic nitrogens is 3. The molecule has 3 aromatic heterocycles. The Labute approximate surface area is 119 Å². The zero-order chi connectivity index (χ0) is 13.2. The van der Waals surface area contributed by atoms with Gasteiger partial charge < -0.3 is 4.74 Å². The Bertz CT molecular complexity index is 706. The minimum Gasteiger partial charge on any atom is -0.436 e. The summed E-state index contributed by atoms with van der Waals surface area (Å²) in [6, 6.07) is 9.69. The molecule has 0 unspecified atom stereocenters. The summed E-state index contributed by atoms with van der Waals surface area (Å²) in [5.41, 5.74) is 2.81. The third-order valence-corrected chi connectivity index (χ3v) is 3.35. The molecule has 0 aromatic carbocycles. The Hall–Kier alpha value is -1.88. The van der Waals surface area contributed by atoms with Crippen molar-refractivity contribution in [2.24, 2.45) is 0 Å². The van der Waals surface area contributed by atoms with Crippen molar-refractivity contribution in [3.63, 3.8) is 0 Å². The second kappa shape index (κ2) is 5.01. The first-order valence-electron chi connectivity index (χ1n) is 5.90. The lowest BCUT2D eigenvalue weighted by atomic mass is 10.4. The fraction of sp³-hybridized carbons (Fsp3) is 0.143. The highest BCUT2D eigenvalue weighted by Gasteiger charge is 2.12. The monoisotopic (exact) mass is 317 g/mol. The molecule has 96 valence electrons. The van der Waals surface area contributed by atoms with Crippen LogP contribution in [0.25, 0.3) is 5.65 Å². The van der Waals surface area contributed by atoms with E-state index in [-0.39, 0.29) is 0 Å². The summed E-state index contributed by atoms with van der Waals surface area (Å²) < 4.78 is 7.82. The molecule has 0 bridgehead atoms. The molecule has 0 atom stereocenters. The normalized spacial score (nSPS) is 10.8. The van der Waals surface area contributed by atoms with Gasteiger partial charge in [-0.2, -0.15) is 4.98 Å².